The van der Waals surface area contributed by atoms with Crippen LogP contribution in [0.5, 0.6) is 0 Å². The summed E-state index contributed by atoms with van der Waals surface area (Å²) < 4.78 is 4.74. The van der Waals surface area contributed by atoms with E-state index >= 15 is 0 Å². The van der Waals surface area contributed by atoms with E-state index in [1.165, 1.54) is 14.0 Å². The second-order valence-corrected chi connectivity index (χ2v) is 6.94. The van der Waals surface area contributed by atoms with E-state index in [-0.39, 0.29) is 12.3 Å². The molecule has 0 bridgehead atoms. The quantitative estimate of drug-likeness (QED) is 0.387. The van der Waals surface area contributed by atoms with Crippen LogP contribution in [0.4, 0.5) is 0 Å². The Morgan fingerprint density at radius 2 is 1.55 bits per heavy atom. The molecule has 1 aromatic rings. The third-order valence-corrected chi connectivity index (χ3v) is 4.21. The lowest BCUT2D eigenvalue weighted by Gasteiger charge is -2.25. The third-order valence-electron chi connectivity index (χ3n) is 4.21. The molecule has 4 N–H and O–H groups in total. The van der Waals surface area contributed by atoms with Crippen LogP contribution in [0.3, 0.4) is 0 Å². The van der Waals surface area contributed by atoms with Gasteiger partial charge in [-0.2, -0.15) is 0 Å². The third kappa shape index (κ3) is 7.90. The normalized spacial score (nSPS) is 13.7. The van der Waals surface area contributed by atoms with Gasteiger partial charge in [-0.25, -0.2) is 4.79 Å². The minimum absolute atomic E-state index is 0.186. The molecular formula is C20H29N3O6. The van der Waals surface area contributed by atoms with Gasteiger partial charge in [0.25, 0.3) is 0 Å². The van der Waals surface area contributed by atoms with Crippen molar-refractivity contribution in [3.8, 4) is 0 Å². The first-order valence-corrected chi connectivity index (χ1v) is 9.30. The van der Waals surface area contributed by atoms with Gasteiger partial charge in [0, 0.05) is 13.3 Å². The van der Waals surface area contributed by atoms with Gasteiger partial charge in [-0.3, -0.25) is 14.4 Å². The van der Waals surface area contributed by atoms with Crippen molar-refractivity contribution in [3.05, 3.63) is 35.9 Å². The van der Waals surface area contributed by atoms with Gasteiger partial charge in [0.05, 0.1) is 13.7 Å². The zero-order valence-electron chi connectivity index (χ0n) is 17.1. The highest BCUT2D eigenvalue weighted by Gasteiger charge is 2.30. The van der Waals surface area contributed by atoms with Gasteiger partial charge in [0.15, 0.2) is 0 Å². The summed E-state index contributed by atoms with van der Waals surface area (Å²) in [4.78, 5) is 48.4. The molecule has 1 aromatic carbocycles. The van der Waals surface area contributed by atoms with E-state index in [1.54, 1.807) is 38.1 Å². The first-order chi connectivity index (χ1) is 13.7. The fourth-order valence-electron chi connectivity index (χ4n) is 2.67. The molecule has 29 heavy (non-hydrogen) atoms. The monoisotopic (exact) mass is 407 g/mol. The average molecular weight is 407 g/mol. The molecule has 9 heteroatoms. The van der Waals surface area contributed by atoms with Crippen molar-refractivity contribution in [3.63, 3.8) is 0 Å². The molecule has 3 amide bonds. The fourth-order valence-corrected chi connectivity index (χ4v) is 2.67. The average Bonchev–Trinajstić information content (AvgIpc) is 2.69. The molecule has 0 aliphatic heterocycles. The Labute approximate surface area is 170 Å². The lowest BCUT2D eigenvalue weighted by atomic mass is 10.0. The smallest absolute Gasteiger partial charge is 0.328 e. The number of carbonyl (C=O) groups excluding carboxylic acids is 4. The maximum Gasteiger partial charge on any atom is 0.328 e. The number of amides is 3. The number of aliphatic hydroxyl groups is 1. The highest BCUT2D eigenvalue weighted by atomic mass is 16.5. The van der Waals surface area contributed by atoms with Crippen LogP contribution in [0.25, 0.3) is 0 Å². The highest BCUT2D eigenvalue weighted by Crippen LogP contribution is 2.06. The molecule has 0 aromatic heterocycles. The Kier molecular flexibility index (Phi) is 9.81. The van der Waals surface area contributed by atoms with Crippen LogP contribution in [-0.4, -0.2) is 60.6 Å². The summed E-state index contributed by atoms with van der Waals surface area (Å²) in [7, 11) is 1.21. The number of rotatable bonds is 10. The Morgan fingerprint density at radius 1 is 0.966 bits per heavy atom. The van der Waals surface area contributed by atoms with E-state index in [1.807, 2.05) is 6.07 Å². The summed E-state index contributed by atoms with van der Waals surface area (Å²) in [6.45, 7) is 4.08. The number of hydrogen-bond acceptors (Lipinski definition) is 6. The summed E-state index contributed by atoms with van der Waals surface area (Å²) in [5.41, 5.74) is 0.804. The molecular weight excluding hydrogens is 378 g/mol. The molecule has 0 spiro atoms. The molecule has 3 atom stereocenters. The van der Waals surface area contributed by atoms with Crippen LogP contribution in [-0.2, 0) is 30.3 Å². The van der Waals surface area contributed by atoms with Crippen LogP contribution < -0.4 is 16.0 Å². The Balaban J connectivity index is 2.85. The van der Waals surface area contributed by atoms with Gasteiger partial charge >= 0.3 is 5.97 Å². The van der Waals surface area contributed by atoms with Gasteiger partial charge in [-0.05, 0) is 11.5 Å². The van der Waals surface area contributed by atoms with Crippen molar-refractivity contribution >= 4 is 23.7 Å². The van der Waals surface area contributed by atoms with Gasteiger partial charge in [0.2, 0.25) is 17.7 Å². The zero-order chi connectivity index (χ0) is 22.0. The molecule has 0 radical (unpaired) electrons. The van der Waals surface area contributed by atoms with E-state index in [2.05, 4.69) is 16.0 Å². The number of ether oxygens (including phenoxy) is 1. The Bertz CT molecular complexity index is 707. The molecule has 9 nitrogen and oxygen atoms in total. The number of benzene rings is 1. The molecule has 0 saturated carbocycles. The molecule has 0 fully saturated rings. The van der Waals surface area contributed by atoms with E-state index in [0.29, 0.717) is 0 Å². The number of nitrogens with one attached hydrogen (secondary N) is 3. The second-order valence-electron chi connectivity index (χ2n) is 6.94. The van der Waals surface area contributed by atoms with Crippen molar-refractivity contribution in [1.82, 2.24) is 16.0 Å². The van der Waals surface area contributed by atoms with Gasteiger partial charge in [-0.15, -0.1) is 0 Å². The molecule has 0 unspecified atom stereocenters. The molecule has 160 valence electrons. The van der Waals surface area contributed by atoms with Crippen LogP contribution in [0.2, 0.25) is 0 Å². The predicted octanol–water partition coefficient (Wildman–Crippen LogP) is -0.475. The number of methoxy groups -OCH3 is 1. The van der Waals surface area contributed by atoms with E-state index in [0.717, 1.165) is 5.56 Å². The second kappa shape index (κ2) is 11.8. The van der Waals surface area contributed by atoms with Crippen molar-refractivity contribution < 1.29 is 29.0 Å². The van der Waals surface area contributed by atoms with Gasteiger partial charge < -0.3 is 25.8 Å². The summed E-state index contributed by atoms with van der Waals surface area (Å²) in [6, 6.07) is 5.88. The van der Waals surface area contributed by atoms with Crippen molar-refractivity contribution in [2.24, 2.45) is 5.92 Å². The molecule has 0 heterocycles. The van der Waals surface area contributed by atoms with Crippen LogP contribution in [0.1, 0.15) is 26.3 Å². The van der Waals surface area contributed by atoms with Crippen molar-refractivity contribution in [2.75, 3.05) is 13.7 Å². The number of aliphatic hydroxyl groups excluding tert-OH is 1. The minimum atomic E-state index is -1.29. The molecule has 0 saturated heterocycles. The minimum Gasteiger partial charge on any atom is -0.467 e. The van der Waals surface area contributed by atoms with E-state index in [9.17, 15) is 24.3 Å². The number of carbonyl (C=O) groups is 4. The predicted molar refractivity (Wildman–Crippen MR) is 106 cm³/mol. The lowest BCUT2D eigenvalue weighted by molar-refractivity contribution is -0.145. The standard InChI is InChI=1S/C20H29N3O6/c1-12(2)17(21-13(3)25)19(27)23-16(11-24)18(26)22-15(20(28)29-4)10-14-8-6-5-7-9-14/h5-9,12,15-17,24H,10-11H2,1-4H3,(H,21,25)(H,22,26)(H,23,27)/t15-,16-,17-/m0/s1. The Morgan fingerprint density at radius 3 is 2.03 bits per heavy atom. The number of esters is 1. The number of hydrogen-bond donors (Lipinski definition) is 4. The van der Waals surface area contributed by atoms with Crippen molar-refractivity contribution in [2.45, 2.75) is 45.3 Å². The van der Waals surface area contributed by atoms with Crippen molar-refractivity contribution in [1.29, 1.82) is 0 Å². The zero-order valence-corrected chi connectivity index (χ0v) is 17.1. The molecule has 0 aliphatic rings. The van der Waals surface area contributed by atoms with Crippen LogP contribution in [0, 0.1) is 5.92 Å². The van der Waals surface area contributed by atoms with Gasteiger partial charge in [-0.1, -0.05) is 44.2 Å². The first kappa shape index (κ1) is 24.1. The SMILES string of the molecule is COC(=O)[C@H](Cc1ccccc1)NC(=O)[C@H](CO)NC(=O)[C@@H](NC(C)=O)C(C)C. The van der Waals surface area contributed by atoms with Crippen LogP contribution in [0.15, 0.2) is 30.3 Å². The fraction of sp³-hybridized carbons (Fsp3) is 0.500. The van der Waals surface area contributed by atoms with E-state index in [4.69, 9.17) is 4.74 Å². The summed E-state index contributed by atoms with van der Waals surface area (Å²) in [5.74, 6) is -2.62. The molecule has 0 aliphatic carbocycles. The summed E-state index contributed by atoms with van der Waals surface area (Å²) in [6.07, 6.45) is 0.186. The first-order valence-electron chi connectivity index (χ1n) is 9.30. The summed E-state index contributed by atoms with van der Waals surface area (Å²) in [5, 5.41) is 17.0. The topological polar surface area (TPSA) is 134 Å². The van der Waals surface area contributed by atoms with E-state index < -0.39 is 48.4 Å². The maximum absolute atomic E-state index is 12.6. The largest absolute Gasteiger partial charge is 0.467 e. The highest BCUT2D eigenvalue weighted by molar-refractivity contribution is 5.93. The maximum atomic E-state index is 12.6. The lowest BCUT2D eigenvalue weighted by Crippen LogP contribution is -2.58. The summed E-state index contributed by atoms with van der Waals surface area (Å²) >= 11 is 0. The Hall–Kier alpha value is -2.94. The molecule has 1 rings (SSSR count). The van der Waals surface area contributed by atoms with Gasteiger partial charge in [0.1, 0.15) is 18.1 Å². The van der Waals surface area contributed by atoms with Crippen LogP contribution >= 0.6 is 0 Å².